The minimum atomic E-state index is -1.28. The lowest BCUT2D eigenvalue weighted by atomic mass is 9.58. The van der Waals surface area contributed by atoms with Crippen LogP contribution >= 0.6 is 0 Å². The first-order valence-electron chi connectivity index (χ1n) is 12.5. The van der Waals surface area contributed by atoms with Gasteiger partial charge in [0.25, 0.3) is 5.91 Å². The molecule has 2 N–H and O–H groups in total. The van der Waals surface area contributed by atoms with Gasteiger partial charge in [-0.25, -0.2) is 4.98 Å². The number of nitrogens with one attached hydrogen (secondary N) is 2. The zero-order chi connectivity index (χ0) is 26.2. The highest BCUT2D eigenvalue weighted by molar-refractivity contribution is 6.18. The van der Waals surface area contributed by atoms with Gasteiger partial charge in [0.15, 0.2) is 0 Å². The highest BCUT2D eigenvalue weighted by Crippen LogP contribution is 2.66. The van der Waals surface area contributed by atoms with E-state index in [4.69, 9.17) is 14.5 Å². The predicted octanol–water partition coefficient (Wildman–Crippen LogP) is 4.02. The molecule has 8 heteroatoms. The topological polar surface area (TPSA) is 92.8 Å². The number of hydrogen-bond donors (Lipinski definition) is 2. The fourth-order valence-corrected chi connectivity index (χ4v) is 7.12. The van der Waals surface area contributed by atoms with Crippen LogP contribution in [0.15, 0.2) is 72.8 Å². The number of ether oxygens (including phenoxy) is 2. The smallest absolute Gasteiger partial charge is 0.251 e. The molecule has 2 amide bonds. The summed E-state index contributed by atoms with van der Waals surface area (Å²) < 4.78 is 11.3. The number of likely N-dealkylation sites (tertiary alicyclic amines) is 1. The molecule has 3 atom stereocenters. The Labute approximate surface area is 219 Å². The van der Waals surface area contributed by atoms with Crippen molar-refractivity contribution in [2.45, 2.75) is 16.9 Å². The summed E-state index contributed by atoms with van der Waals surface area (Å²) in [5, 5.41) is 7.07. The van der Waals surface area contributed by atoms with E-state index in [1.165, 1.54) is 0 Å². The molecule has 1 saturated heterocycles. The summed E-state index contributed by atoms with van der Waals surface area (Å²) in [5.41, 5.74) is 1.96. The van der Waals surface area contributed by atoms with E-state index in [0.29, 0.717) is 23.9 Å². The molecule has 38 heavy (non-hydrogen) atoms. The summed E-state index contributed by atoms with van der Waals surface area (Å²) in [5.74, 6) is 0.253. The lowest BCUT2D eigenvalue weighted by Gasteiger charge is -2.43. The Kier molecular flexibility index (Phi) is 4.66. The molecule has 3 aliphatic rings. The molecule has 7 rings (SSSR count). The van der Waals surface area contributed by atoms with E-state index in [2.05, 4.69) is 10.6 Å². The monoisotopic (exact) mass is 506 g/mol. The minimum Gasteiger partial charge on any atom is -0.497 e. The van der Waals surface area contributed by atoms with Gasteiger partial charge in [0.05, 0.1) is 19.7 Å². The molecule has 4 heterocycles. The number of hydrogen-bond acceptors (Lipinski definition) is 6. The molecule has 0 saturated carbocycles. The molecule has 8 nitrogen and oxygen atoms in total. The van der Waals surface area contributed by atoms with Crippen molar-refractivity contribution in [3.63, 3.8) is 0 Å². The van der Waals surface area contributed by atoms with E-state index >= 15 is 0 Å². The van der Waals surface area contributed by atoms with Gasteiger partial charge in [0.1, 0.15) is 16.7 Å². The first-order valence-corrected chi connectivity index (χ1v) is 12.5. The number of para-hydroxylation sites is 2. The van der Waals surface area contributed by atoms with Crippen LogP contribution < -0.4 is 20.1 Å². The normalized spacial score (nSPS) is 25.5. The summed E-state index contributed by atoms with van der Waals surface area (Å²) in [6.45, 7) is 0.428. The fraction of sp³-hybridized carbons (Fsp3) is 0.233. The fourth-order valence-electron chi connectivity index (χ4n) is 7.12. The number of aromatic nitrogens is 1. The van der Waals surface area contributed by atoms with Gasteiger partial charge in [-0.1, -0.05) is 36.4 Å². The van der Waals surface area contributed by atoms with Gasteiger partial charge in [-0.2, -0.15) is 0 Å². The third-order valence-electron chi connectivity index (χ3n) is 8.56. The SMILES string of the molecule is COc1ccc2nc(OC)c([C@H]3CN(C)[C@@]4(C(=O)Nc5ccccc54)[C@]34C(=O)Nc3ccccc34)cc2c1. The molecule has 1 aromatic heterocycles. The Morgan fingerprint density at radius 1 is 0.868 bits per heavy atom. The van der Waals surface area contributed by atoms with Crippen molar-refractivity contribution in [3.8, 4) is 11.6 Å². The second-order valence-corrected chi connectivity index (χ2v) is 10.1. The Morgan fingerprint density at radius 2 is 1.55 bits per heavy atom. The Balaban J connectivity index is 1.58. The van der Waals surface area contributed by atoms with Crippen molar-refractivity contribution in [1.29, 1.82) is 0 Å². The quantitative estimate of drug-likeness (QED) is 0.436. The number of fused-ring (bicyclic) bond motifs is 6. The number of amides is 2. The second kappa shape index (κ2) is 7.79. The lowest BCUT2D eigenvalue weighted by molar-refractivity contribution is -0.136. The molecule has 2 spiro atoms. The van der Waals surface area contributed by atoms with Crippen molar-refractivity contribution < 1.29 is 19.1 Å². The molecule has 190 valence electrons. The summed E-state index contributed by atoms with van der Waals surface area (Å²) in [6.07, 6.45) is 0. The molecule has 0 radical (unpaired) electrons. The van der Waals surface area contributed by atoms with E-state index in [0.717, 1.165) is 33.3 Å². The van der Waals surface area contributed by atoms with Crippen LogP contribution in [0, 0.1) is 0 Å². The van der Waals surface area contributed by atoms with Gasteiger partial charge in [-0.05, 0) is 49.0 Å². The Bertz CT molecular complexity index is 1670. The maximum atomic E-state index is 14.5. The van der Waals surface area contributed by atoms with Crippen LogP contribution in [0.1, 0.15) is 22.6 Å². The van der Waals surface area contributed by atoms with E-state index in [9.17, 15) is 9.59 Å². The average molecular weight is 507 g/mol. The largest absolute Gasteiger partial charge is 0.497 e. The number of nitrogens with zero attached hydrogens (tertiary/aromatic N) is 2. The maximum Gasteiger partial charge on any atom is 0.251 e. The summed E-state index contributed by atoms with van der Waals surface area (Å²) >= 11 is 0. The van der Waals surface area contributed by atoms with E-state index in [1.54, 1.807) is 14.2 Å². The van der Waals surface area contributed by atoms with Gasteiger partial charge in [-0.15, -0.1) is 0 Å². The zero-order valence-electron chi connectivity index (χ0n) is 21.2. The van der Waals surface area contributed by atoms with Crippen LogP contribution in [0.4, 0.5) is 11.4 Å². The van der Waals surface area contributed by atoms with Gasteiger partial charge < -0.3 is 20.1 Å². The number of anilines is 2. The van der Waals surface area contributed by atoms with Gasteiger partial charge in [-0.3, -0.25) is 14.5 Å². The van der Waals surface area contributed by atoms with Gasteiger partial charge >= 0.3 is 0 Å². The molecule has 3 aliphatic heterocycles. The number of benzene rings is 3. The van der Waals surface area contributed by atoms with Crippen LogP contribution in [0.3, 0.4) is 0 Å². The lowest BCUT2D eigenvalue weighted by Crippen LogP contribution is -2.60. The molecule has 0 aliphatic carbocycles. The standard InChI is InChI=1S/C30H26N4O4/c1-34-16-22(19-15-17-14-18(37-2)12-13-23(17)31-26(19)38-3)29(20-8-4-6-10-24(20)32-27(29)35)30(34)21-9-5-7-11-25(21)33-28(30)36/h4-15,22H,16H2,1-3H3,(H,32,35)(H,33,36)/t22-,29+,30+/m1/s1. The molecule has 3 aromatic carbocycles. The van der Waals surface area contributed by atoms with Crippen LogP contribution in [-0.4, -0.2) is 49.5 Å². The molecule has 4 aromatic rings. The number of carbonyl (C=O) groups excluding carboxylic acids is 2. The average Bonchev–Trinajstić information content (AvgIpc) is 3.52. The first-order chi connectivity index (χ1) is 18.5. The van der Waals surface area contributed by atoms with Crippen molar-refractivity contribution in [2.24, 2.45) is 0 Å². The summed E-state index contributed by atoms with van der Waals surface area (Å²) in [6, 6.07) is 23.0. The summed E-state index contributed by atoms with van der Waals surface area (Å²) in [4.78, 5) is 35.5. The first kappa shape index (κ1) is 22.7. The minimum absolute atomic E-state index is 0.215. The third-order valence-corrected chi connectivity index (χ3v) is 8.56. The van der Waals surface area contributed by atoms with Crippen molar-refractivity contribution >= 4 is 34.1 Å². The van der Waals surface area contributed by atoms with E-state index in [-0.39, 0.29) is 11.8 Å². The van der Waals surface area contributed by atoms with Crippen LogP contribution in [0.2, 0.25) is 0 Å². The maximum absolute atomic E-state index is 14.5. The Hall–Kier alpha value is -4.43. The molecule has 0 unspecified atom stereocenters. The van der Waals surface area contributed by atoms with Crippen LogP contribution in [0.5, 0.6) is 11.6 Å². The Morgan fingerprint density at radius 3 is 2.29 bits per heavy atom. The molecular formula is C30H26N4O4. The molecular weight excluding hydrogens is 480 g/mol. The molecule has 0 bridgehead atoms. The van der Waals surface area contributed by atoms with Crippen molar-refractivity contribution in [1.82, 2.24) is 9.88 Å². The van der Waals surface area contributed by atoms with Gasteiger partial charge in [0.2, 0.25) is 11.8 Å². The summed E-state index contributed by atoms with van der Waals surface area (Å²) in [7, 11) is 5.13. The second-order valence-electron chi connectivity index (χ2n) is 10.1. The number of methoxy groups -OCH3 is 2. The zero-order valence-corrected chi connectivity index (χ0v) is 21.2. The van der Waals surface area contributed by atoms with Crippen molar-refractivity contribution in [2.75, 3.05) is 38.4 Å². The van der Waals surface area contributed by atoms with Gasteiger partial charge in [0, 0.05) is 40.4 Å². The van der Waals surface area contributed by atoms with Crippen LogP contribution in [-0.2, 0) is 20.5 Å². The highest BCUT2D eigenvalue weighted by Gasteiger charge is 2.76. The number of likely N-dealkylation sites (N-methyl/N-ethyl adjacent to an activating group) is 1. The van der Waals surface area contributed by atoms with E-state index in [1.807, 2.05) is 84.7 Å². The predicted molar refractivity (Wildman–Crippen MR) is 144 cm³/mol. The molecule has 1 fully saturated rings. The number of pyridine rings is 1. The van der Waals surface area contributed by atoms with E-state index < -0.39 is 16.9 Å². The van der Waals surface area contributed by atoms with Crippen molar-refractivity contribution in [3.05, 3.63) is 89.5 Å². The number of carbonyl (C=O) groups is 2. The highest BCUT2D eigenvalue weighted by atomic mass is 16.5. The number of rotatable bonds is 3. The third kappa shape index (κ3) is 2.55. The van der Waals surface area contributed by atoms with Crippen LogP contribution in [0.25, 0.3) is 10.9 Å².